The Hall–Kier alpha value is -3.65. The molecule has 0 aliphatic carbocycles. The Labute approximate surface area is 222 Å². The number of benzene rings is 1. The molecule has 0 spiro atoms. The lowest BCUT2D eigenvalue weighted by Crippen LogP contribution is -2.37. The number of anilines is 2. The first-order valence-corrected chi connectivity index (χ1v) is 12.6. The zero-order chi connectivity index (χ0) is 28.6. The number of aliphatic hydroxyl groups excluding tert-OH is 1. The van der Waals surface area contributed by atoms with Crippen molar-refractivity contribution in [2.24, 2.45) is 0 Å². The predicted molar refractivity (Wildman–Crippen MR) is 158 cm³/mol. The number of nitrogens with zero attached hydrogens (tertiary/aromatic N) is 1. The number of aliphatic hydroxyl groups is 1. The molecule has 0 unspecified atom stereocenters. The van der Waals surface area contributed by atoms with Crippen molar-refractivity contribution >= 4 is 17.3 Å². The Balaban J connectivity index is 0. The number of hydrogen-bond donors (Lipinski definition) is 4. The molecular weight excluding hydrogens is 468 g/mol. The van der Waals surface area contributed by atoms with Gasteiger partial charge in [-0.25, -0.2) is 0 Å². The molecular formula is C29H46N4O4. The second-order valence-corrected chi connectivity index (χ2v) is 7.57. The zero-order valence-electron chi connectivity index (χ0n) is 23.6. The molecule has 0 aliphatic rings. The molecule has 206 valence electrons. The lowest BCUT2D eigenvalue weighted by Gasteiger charge is -2.13. The van der Waals surface area contributed by atoms with Gasteiger partial charge in [0.05, 0.1) is 0 Å². The van der Waals surface area contributed by atoms with E-state index in [1.165, 1.54) is 13.0 Å². The summed E-state index contributed by atoms with van der Waals surface area (Å²) in [4.78, 5) is 35.5. The molecule has 0 aliphatic heterocycles. The number of hydrogen-bond acceptors (Lipinski definition) is 7. The van der Waals surface area contributed by atoms with Crippen molar-refractivity contribution in [2.45, 2.75) is 48.1 Å². The maximum absolute atomic E-state index is 11.5. The number of rotatable bonds is 11. The predicted octanol–water partition coefficient (Wildman–Crippen LogP) is 4.62. The summed E-state index contributed by atoms with van der Waals surface area (Å²) in [6, 6.07) is 9.73. The molecule has 2 aromatic carbocycles. The van der Waals surface area contributed by atoms with Crippen LogP contribution in [-0.2, 0) is 11.3 Å². The van der Waals surface area contributed by atoms with Crippen molar-refractivity contribution in [3.8, 4) is 0 Å². The van der Waals surface area contributed by atoms with Gasteiger partial charge in [0.15, 0.2) is 0 Å². The number of carbonyl (C=O) groups is 1. The van der Waals surface area contributed by atoms with Crippen LogP contribution >= 0.6 is 0 Å². The van der Waals surface area contributed by atoms with E-state index < -0.39 is 10.9 Å². The summed E-state index contributed by atoms with van der Waals surface area (Å²) in [5.41, 5.74) is 0.950. The number of nitrogens with one attached hydrogen (secondary N) is 3. The van der Waals surface area contributed by atoms with Gasteiger partial charge in [-0.2, -0.15) is 0 Å². The molecule has 8 heteroatoms. The van der Waals surface area contributed by atoms with E-state index in [2.05, 4.69) is 34.4 Å². The van der Waals surface area contributed by atoms with E-state index in [0.29, 0.717) is 24.5 Å². The Bertz CT molecular complexity index is 1010. The van der Waals surface area contributed by atoms with Crippen molar-refractivity contribution in [1.29, 1.82) is 0 Å². The highest BCUT2D eigenvalue weighted by atomic mass is 16.3. The van der Waals surface area contributed by atoms with E-state index in [9.17, 15) is 14.4 Å². The van der Waals surface area contributed by atoms with Crippen molar-refractivity contribution in [3.05, 3.63) is 93.0 Å². The Morgan fingerprint density at radius 2 is 1.59 bits per heavy atom. The van der Waals surface area contributed by atoms with Gasteiger partial charge in [0.25, 0.3) is 10.9 Å². The molecule has 0 atom stereocenters. The van der Waals surface area contributed by atoms with Gasteiger partial charge in [-0.05, 0) is 39.1 Å². The third kappa shape index (κ3) is 17.4. The van der Waals surface area contributed by atoms with Gasteiger partial charge in [-0.1, -0.05) is 75.9 Å². The number of carbonyl (C=O) groups excluding carboxylic acids is 1. The first-order valence-electron chi connectivity index (χ1n) is 12.6. The molecule has 0 fully saturated rings. The summed E-state index contributed by atoms with van der Waals surface area (Å²) in [5.74, 6) is 0.155. The fourth-order valence-corrected chi connectivity index (χ4v) is 2.57. The van der Waals surface area contributed by atoms with Crippen LogP contribution in [-0.4, -0.2) is 49.1 Å². The summed E-state index contributed by atoms with van der Waals surface area (Å²) >= 11 is 0. The largest absolute Gasteiger partial charge is 0.509 e. The van der Waals surface area contributed by atoms with Crippen LogP contribution in [0.25, 0.3) is 0 Å². The smallest absolute Gasteiger partial charge is 0.253 e. The number of amides is 1. The highest BCUT2D eigenvalue weighted by Gasteiger charge is 2.19. The van der Waals surface area contributed by atoms with Crippen LogP contribution in [0.5, 0.6) is 0 Å². The van der Waals surface area contributed by atoms with Crippen molar-refractivity contribution in [1.82, 2.24) is 10.2 Å². The lowest BCUT2D eigenvalue weighted by atomic mass is 10.1. The third-order valence-electron chi connectivity index (χ3n) is 4.62. The minimum absolute atomic E-state index is 0.0458. The first kappa shape index (κ1) is 35.5. The van der Waals surface area contributed by atoms with E-state index in [4.69, 9.17) is 5.11 Å². The van der Waals surface area contributed by atoms with E-state index in [0.717, 1.165) is 25.2 Å². The average Bonchev–Trinajstić information content (AvgIpc) is 2.89. The van der Waals surface area contributed by atoms with Gasteiger partial charge in [0.1, 0.15) is 17.1 Å². The third-order valence-corrected chi connectivity index (χ3v) is 4.62. The van der Waals surface area contributed by atoms with Gasteiger partial charge in [0.2, 0.25) is 5.91 Å². The van der Waals surface area contributed by atoms with Crippen LogP contribution in [0.3, 0.4) is 0 Å². The summed E-state index contributed by atoms with van der Waals surface area (Å²) in [5, 5.41) is 17.0. The number of allylic oxidation sites excluding steroid dienone is 3. The molecule has 0 bridgehead atoms. The van der Waals surface area contributed by atoms with Gasteiger partial charge < -0.3 is 26.0 Å². The van der Waals surface area contributed by atoms with Crippen LogP contribution in [0.4, 0.5) is 11.4 Å². The summed E-state index contributed by atoms with van der Waals surface area (Å²) < 4.78 is 0. The van der Waals surface area contributed by atoms with Gasteiger partial charge in [0, 0.05) is 33.1 Å². The molecule has 0 radical (unpaired) electrons. The molecule has 1 amide bonds. The summed E-state index contributed by atoms with van der Waals surface area (Å²) in [6.45, 7) is 18.3. The minimum atomic E-state index is -0.445. The van der Waals surface area contributed by atoms with Crippen LogP contribution in [0.15, 0.2) is 76.6 Å². The quantitative estimate of drug-likeness (QED) is 0.150. The second-order valence-electron chi connectivity index (χ2n) is 7.57. The molecule has 37 heavy (non-hydrogen) atoms. The molecule has 0 saturated carbocycles. The lowest BCUT2D eigenvalue weighted by molar-refractivity contribution is -0.119. The fraction of sp³-hybridized carbons (Fsp3) is 0.414. The first-order chi connectivity index (χ1) is 17.7. The van der Waals surface area contributed by atoms with Crippen LogP contribution < -0.4 is 26.8 Å². The topological polar surface area (TPSA) is 111 Å². The highest BCUT2D eigenvalue weighted by molar-refractivity contribution is 5.74. The van der Waals surface area contributed by atoms with E-state index in [-0.39, 0.29) is 11.7 Å². The molecule has 8 nitrogen and oxygen atoms in total. The fourth-order valence-electron chi connectivity index (χ4n) is 2.57. The zero-order valence-corrected chi connectivity index (χ0v) is 23.6. The maximum Gasteiger partial charge on any atom is 0.253 e. The van der Waals surface area contributed by atoms with Crippen LogP contribution in [0.2, 0.25) is 0 Å². The molecule has 0 saturated heterocycles. The van der Waals surface area contributed by atoms with Crippen molar-refractivity contribution in [3.63, 3.8) is 0 Å². The van der Waals surface area contributed by atoms with E-state index >= 15 is 0 Å². The Kier molecular flexibility index (Phi) is 21.9. The summed E-state index contributed by atoms with van der Waals surface area (Å²) in [7, 11) is 2.03. The van der Waals surface area contributed by atoms with E-state index in [1.807, 2.05) is 77.2 Å². The Morgan fingerprint density at radius 1 is 1.03 bits per heavy atom. The SMILES string of the molecule is C/C=C\CNc1c(NCc2ccccc2)c(=O)c1=O.C=C(O)/C=C\C.CC.CCN(C)CCNC(C)=O. The van der Waals surface area contributed by atoms with Crippen molar-refractivity contribution < 1.29 is 9.90 Å². The van der Waals surface area contributed by atoms with Crippen molar-refractivity contribution in [2.75, 3.05) is 43.9 Å². The number of likely N-dealkylation sites (N-methyl/N-ethyl adjacent to an activating group) is 1. The molecule has 0 heterocycles. The average molecular weight is 515 g/mol. The molecule has 4 N–H and O–H groups in total. The van der Waals surface area contributed by atoms with Gasteiger partial charge >= 0.3 is 0 Å². The molecule has 2 rings (SSSR count). The maximum atomic E-state index is 11.5. The minimum Gasteiger partial charge on any atom is -0.509 e. The second kappa shape index (κ2) is 22.8. The van der Waals surface area contributed by atoms with Gasteiger partial charge in [-0.15, -0.1) is 0 Å². The standard InChI is InChI=1S/C15H16N2O2.C7H16N2O.C5H8O.C2H6/c1-2-3-9-16-12-13(15(19)14(12)18)17-10-11-7-5-4-6-8-11;1-4-9(3)6-5-8-7(2)10;1-3-4-5(2)6;1-2/h2-8,16-17H,9-10H2,1H3;4-6H2,1-3H3,(H,8,10);3-4,6H,2H2,1H3;1-2H3/b3-2-;;4-3-;. The monoisotopic (exact) mass is 514 g/mol. The van der Waals surface area contributed by atoms with Gasteiger partial charge in [-0.3, -0.25) is 14.4 Å². The normalized spacial score (nSPS) is 10.1. The summed E-state index contributed by atoms with van der Waals surface area (Å²) in [6.07, 6.45) is 7.02. The highest BCUT2D eigenvalue weighted by Crippen LogP contribution is 2.15. The van der Waals surface area contributed by atoms with E-state index in [1.54, 1.807) is 6.08 Å². The molecule has 0 aromatic heterocycles. The van der Waals surface area contributed by atoms with Crippen LogP contribution in [0, 0.1) is 0 Å². The molecule has 2 aromatic rings. The Morgan fingerprint density at radius 3 is 2.03 bits per heavy atom. The van der Waals surface area contributed by atoms with Crippen LogP contribution in [0.1, 0.15) is 47.1 Å².